The summed E-state index contributed by atoms with van der Waals surface area (Å²) in [6, 6.07) is 0.127. The highest BCUT2D eigenvalue weighted by Gasteiger charge is 2.18. The summed E-state index contributed by atoms with van der Waals surface area (Å²) in [5.74, 6) is -0.760. The standard InChI is InChI=1S/C14H29N3O3/c1-5-17(12(2)11-16(3)4)14(20)15-10-8-6-7-9-13(18)19/h12H,5-11H2,1-4H3,(H,15,20)(H,18,19). The van der Waals surface area contributed by atoms with E-state index in [4.69, 9.17) is 5.11 Å². The van der Waals surface area contributed by atoms with E-state index in [1.807, 2.05) is 32.8 Å². The Hall–Kier alpha value is -1.30. The second kappa shape index (κ2) is 10.5. The quantitative estimate of drug-likeness (QED) is 0.599. The van der Waals surface area contributed by atoms with Crippen molar-refractivity contribution in [1.82, 2.24) is 15.1 Å². The Morgan fingerprint density at radius 3 is 2.35 bits per heavy atom. The van der Waals surface area contributed by atoms with E-state index in [1.165, 1.54) is 0 Å². The van der Waals surface area contributed by atoms with Crippen LogP contribution in [0.4, 0.5) is 4.79 Å². The van der Waals surface area contributed by atoms with E-state index in [2.05, 4.69) is 10.2 Å². The molecule has 0 aromatic carbocycles. The lowest BCUT2D eigenvalue weighted by Gasteiger charge is -2.30. The third kappa shape index (κ3) is 8.74. The Bertz CT molecular complexity index is 295. The molecule has 0 fully saturated rings. The van der Waals surface area contributed by atoms with Crippen molar-refractivity contribution in [2.45, 2.75) is 45.6 Å². The fourth-order valence-corrected chi connectivity index (χ4v) is 2.16. The fourth-order valence-electron chi connectivity index (χ4n) is 2.16. The molecule has 0 spiro atoms. The van der Waals surface area contributed by atoms with Crippen LogP contribution in [0.15, 0.2) is 0 Å². The van der Waals surface area contributed by atoms with Gasteiger partial charge in [-0.05, 0) is 40.8 Å². The van der Waals surface area contributed by atoms with Crippen molar-refractivity contribution in [1.29, 1.82) is 0 Å². The number of carbonyl (C=O) groups excluding carboxylic acids is 1. The highest BCUT2D eigenvalue weighted by Crippen LogP contribution is 2.02. The zero-order chi connectivity index (χ0) is 15.5. The SMILES string of the molecule is CCN(C(=O)NCCCCCC(=O)O)C(C)CN(C)C. The molecule has 0 aromatic rings. The summed E-state index contributed by atoms with van der Waals surface area (Å²) in [6.07, 6.45) is 2.51. The zero-order valence-electron chi connectivity index (χ0n) is 13.2. The summed E-state index contributed by atoms with van der Waals surface area (Å²) in [6.45, 7) is 6.12. The molecule has 20 heavy (non-hydrogen) atoms. The van der Waals surface area contributed by atoms with Gasteiger partial charge in [0.2, 0.25) is 0 Å². The molecule has 1 unspecified atom stereocenters. The zero-order valence-corrected chi connectivity index (χ0v) is 13.2. The first kappa shape index (κ1) is 18.7. The van der Waals surface area contributed by atoms with Crippen LogP contribution >= 0.6 is 0 Å². The molecule has 1 atom stereocenters. The molecule has 0 aliphatic rings. The Kier molecular flexibility index (Phi) is 9.80. The first-order chi connectivity index (χ1) is 9.38. The van der Waals surface area contributed by atoms with Gasteiger partial charge in [-0.1, -0.05) is 6.42 Å². The monoisotopic (exact) mass is 287 g/mol. The van der Waals surface area contributed by atoms with E-state index in [-0.39, 0.29) is 18.5 Å². The molecule has 6 nitrogen and oxygen atoms in total. The van der Waals surface area contributed by atoms with Gasteiger partial charge in [0.1, 0.15) is 0 Å². The van der Waals surface area contributed by atoms with Gasteiger partial charge in [-0.3, -0.25) is 4.79 Å². The second-order valence-electron chi connectivity index (χ2n) is 5.33. The lowest BCUT2D eigenvalue weighted by Crippen LogP contribution is -2.48. The van der Waals surface area contributed by atoms with Crippen molar-refractivity contribution in [3.05, 3.63) is 0 Å². The molecule has 2 amide bonds. The number of carbonyl (C=O) groups is 2. The second-order valence-corrected chi connectivity index (χ2v) is 5.33. The van der Waals surface area contributed by atoms with Crippen molar-refractivity contribution >= 4 is 12.0 Å². The van der Waals surface area contributed by atoms with Crippen LogP contribution in [0.1, 0.15) is 39.5 Å². The Balaban J connectivity index is 3.89. The van der Waals surface area contributed by atoms with Crippen LogP contribution in [-0.4, -0.2) is 66.7 Å². The highest BCUT2D eigenvalue weighted by molar-refractivity contribution is 5.74. The van der Waals surface area contributed by atoms with Crippen molar-refractivity contribution in [2.75, 3.05) is 33.7 Å². The molecule has 0 aromatic heterocycles. The highest BCUT2D eigenvalue weighted by atomic mass is 16.4. The third-order valence-corrected chi connectivity index (χ3v) is 3.11. The fraction of sp³-hybridized carbons (Fsp3) is 0.857. The number of urea groups is 1. The Morgan fingerprint density at radius 2 is 1.85 bits per heavy atom. The number of carboxylic acid groups (broad SMARTS) is 1. The van der Waals surface area contributed by atoms with Gasteiger partial charge in [0.25, 0.3) is 0 Å². The van der Waals surface area contributed by atoms with Crippen LogP contribution in [0.3, 0.4) is 0 Å². The maximum atomic E-state index is 12.0. The van der Waals surface area contributed by atoms with Crippen LogP contribution in [0.5, 0.6) is 0 Å². The van der Waals surface area contributed by atoms with Gasteiger partial charge in [0, 0.05) is 32.1 Å². The number of amides is 2. The smallest absolute Gasteiger partial charge is 0.317 e. The summed E-state index contributed by atoms with van der Waals surface area (Å²) in [4.78, 5) is 26.3. The van der Waals surface area contributed by atoms with Gasteiger partial charge in [-0.15, -0.1) is 0 Å². The maximum Gasteiger partial charge on any atom is 0.317 e. The Labute approximate surface area is 122 Å². The van der Waals surface area contributed by atoms with Gasteiger partial charge in [-0.25, -0.2) is 4.79 Å². The number of rotatable bonds is 10. The average molecular weight is 287 g/mol. The number of likely N-dealkylation sites (N-methyl/N-ethyl adjacent to an activating group) is 2. The van der Waals surface area contributed by atoms with E-state index >= 15 is 0 Å². The van der Waals surface area contributed by atoms with Crippen LogP contribution in [-0.2, 0) is 4.79 Å². The van der Waals surface area contributed by atoms with E-state index in [0.29, 0.717) is 19.5 Å². The van der Waals surface area contributed by atoms with Gasteiger partial charge in [0.15, 0.2) is 0 Å². The lowest BCUT2D eigenvalue weighted by molar-refractivity contribution is -0.137. The molecule has 2 N–H and O–H groups in total. The number of hydrogen-bond donors (Lipinski definition) is 2. The molecule has 0 aliphatic heterocycles. The van der Waals surface area contributed by atoms with Crippen molar-refractivity contribution < 1.29 is 14.7 Å². The molecule has 0 bridgehead atoms. The topological polar surface area (TPSA) is 72.9 Å². The number of unbranched alkanes of at least 4 members (excludes halogenated alkanes) is 2. The van der Waals surface area contributed by atoms with Crippen molar-refractivity contribution in [2.24, 2.45) is 0 Å². The van der Waals surface area contributed by atoms with Crippen LogP contribution in [0, 0.1) is 0 Å². The number of nitrogens with zero attached hydrogens (tertiary/aromatic N) is 2. The first-order valence-electron chi connectivity index (χ1n) is 7.29. The molecular weight excluding hydrogens is 258 g/mol. The minimum Gasteiger partial charge on any atom is -0.481 e. The number of aliphatic carboxylic acids is 1. The predicted octanol–water partition coefficient (Wildman–Crippen LogP) is 1.61. The third-order valence-electron chi connectivity index (χ3n) is 3.11. The molecule has 0 radical (unpaired) electrons. The van der Waals surface area contributed by atoms with Crippen LogP contribution in [0.25, 0.3) is 0 Å². The molecule has 0 saturated heterocycles. The summed E-state index contributed by atoms with van der Waals surface area (Å²) < 4.78 is 0. The maximum absolute atomic E-state index is 12.0. The molecule has 0 saturated carbocycles. The minimum absolute atomic E-state index is 0.0416. The minimum atomic E-state index is -0.760. The lowest BCUT2D eigenvalue weighted by atomic mass is 10.2. The average Bonchev–Trinajstić information content (AvgIpc) is 2.33. The van der Waals surface area contributed by atoms with E-state index in [9.17, 15) is 9.59 Å². The van der Waals surface area contributed by atoms with Crippen molar-refractivity contribution in [3.8, 4) is 0 Å². The summed E-state index contributed by atoms with van der Waals surface area (Å²) >= 11 is 0. The summed E-state index contributed by atoms with van der Waals surface area (Å²) in [5.41, 5.74) is 0. The molecule has 118 valence electrons. The van der Waals surface area contributed by atoms with Crippen LogP contribution < -0.4 is 5.32 Å². The van der Waals surface area contributed by atoms with Gasteiger partial charge < -0.3 is 20.2 Å². The van der Waals surface area contributed by atoms with Crippen molar-refractivity contribution in [3.63, 3.8) is 0 Å². The Morgan fingerprint density at radius 1 is 1.20 bits per heavy atom. The van der Waals surface area contributed by atoms with Gasteiger partial charge in [-0.2, -0.15) is 0 Å². The molecular formula is C14H29N3O3. The van der Waals surface area contributed by atoms with E-state index < -0.39 is 5.97 Å². The largest absolute Gasteiger partial charge is 0.481 e. The molecule has 0 aliphatic carbocycles. The van der Waals surface area contributed by atoms with E-state index in [0.717, 1.165) is 19.4 Å². The van der Waals surface area contributed by atoms with Gasteiger partial charge >= 0.3 is 12.0 Å². The predicted molar refractivity (Wildman–Crippen MR) is 79.9 cm³/mol. The number of nitrogens with one attached hydrogen (secondary N) is 1. The summed E-state index contributed by atoms with van der Waals surface area (Å²) in [5, 5.41) is 11.4. The van der Waals surface area contributed by atoms with Gasteiger partial charge in [0.05, 0.1) is 0 Å². The van der Waals surface area contributed by atoms with E-state index in [1.54, 1.807) is 0 Å². The first-order valence-corrected chi connectivity index (χ1v) is 7.29. The number of hydrogen-bond acceptors (Lipinski definition) is 3. The van der Waals surface area contributed by atoms with Crippen LogP contribution in [0.2, 0.25) is 0 Å². The molecule has 6 heteroatoms. The normalized spacial score (nSPS) is 12.2. The molecule has 0 heterocycles. The number of carboxylic acids is 1. The summed E-state index contributed by atoms with van der Waals surface area (Å²) in [7, 11) is 3.98. The molecule has 0 rings (SSSR count).